The summed E-state index contributed by atoms with van der Waals surface area (Å²) >= 11 is 4.30. The molecule has 3 N–H and O–H groups in total. The number of amides is 5. The molecule has 3 atom stereocenters. The lowest BCUT2D eigenvalue weighted by Gasteiger charge is -2.32. The Balaban J connectivity index is 2.80. The van der Waals surface area contributed by atoms with Crippen molar-refractivity contribution < 1.29 is 24.0 Å². The molecular weight excluding hydrogens is 420 g/mol. The Morgan fingerprint density at radius 3 is 2.00 bits per heavy atom. The second-order valence-electron chi connectivity index (χ2n) is 9.36. The van der Waals surface area contributed by atoms with Crippen molar-refractivity contribution in [2.45, 2.75) is 77.6 Å². The molecule has 1 rings (SSSR count). The lowest BCUT2D eigenvalue weighted by molar-refractivity contribution is -0.139. The Morgan fingerprint density at radius 1 is 1.00 bits per heavy atom. The second kappa shape index (κ2) is 11.5. The molecule has 1 heterocycles. The Hall–Kier alpha value is -2.10. The van der Waals surface area contributed by atoms with Crippen LogP contribution in [0.4, 0.5) is 0 Å². The van der Waals surface area contributed by atoms with E-state index in [9.17, 15) is 24.0 Å². The number of nitrogens with zero attached hydrogens (tertiary/aromatic N) is 1. The molecule has 0 aliphatic carbocycles. The number of imide groups is 1. The highest BCUT2D eigenvalue weighted by Crippen LogP contribution is 2.20. The molecule has 0 aromatic rings. The van der Waals surface area contributed by atoms with E-state index in [1.165, 1.54) is 7.05 Å². The number of carbonyl (C=O) groups is 5. The highest BCUT2D eigenvalue weighted by Gasteiger charge is 2.35. The van der Waals surface area contributed by atoms with Gasteiger partial charge in [0, 0.05) is 26.4 Å². The molecule has 31 heavy (non-hydrogen) atoms. The largest absolute Gasteiger partial charge is 0.357 e. The number of hydrogen-bond acceptors (Lipinski definition) is 6. The molecule has 0 spiro atoms. The van der Waals surface area contributed by atoms with Crippen LogP contribution in [0.25, 0.3) is 0 Å². The lowest BCUT2D eigenvalue weighted by Crippen LogP contribution is -2.58. The van der Waals surface area contributed by atoms with E-state index >= 15 is 0 Å². The number of likely N-dealkylation sites (N-methyl/N-ethyl adjacent to an activating group) is 1. The minimum atomic E-state index is -0.841. The third-order valence-corrected chi connectivity index (χ3v) is 5.58. The lowest BCUT2D eigenvalue weighted by atomic mass is 9.85. The van der Waals surface area contributed by atoms with Gasteiger partial charge in [-0.15, -0.1) is 0 Å². The number of nitrogens with one attached hydrogen (secondary N) is 3. The van der Waals surface area contributed by atoms with Gasteiger partial charge in [0.15, 0.2) is 0 Å². The van der Waals surface area contributed by atoms with Crippen molar-refractivity contribution in [3.05, 3.63) is 0 Å². The molecule has 0 bridgehead atoms. The van der Waals surface area contributed by atoms with Crippen LogP contribution in [0.3, 0.4) is 0 Å². The fourth-order valence-corrected chi connectivity index (χ4v) is 3.48. The van der Waals surface area contributed by atoms with E-state index in [-0.39, 0.29) is 49.4 Å². The van der Waals surface area contributed by atoms with Gasteiger partial charge in [-0.25, -0.2) is 0 Å². The molecule has 9 nitrogen and oxygen atoms in total. The zero-order valence-corrected chi connectivity index (χ0v) is 20.2. The van der Waals surface area contributed by atoms with E-state index in [0.29, 0.717) is 6.42 Å². The van der Waals surface area contributed by atoms with Gasteiger partial charge in [0.25, 0.3) is 0 Å². The molecule has 10 heteroatoms. The number of hydrogen-bond donors (Lipinski definition) is 4. The Bertz CT molecular complexity index is 688. The van der Waals surface area contributed by atoms with Crippen LogP contribution in [-0.2, 0) is 24.0 Å². The summed E-state index contributed by atoms with van der Waals surface area (Å²) in [7, 11) is 1.50. The molecular formula is C21H36N4O5S. The van der Waals surface area contributed by atoms with Crippen LogP contribution in [-0.4, -0.2) is 65.4 Å². The van der Waals surface area contributed by atoms with Crippen molar-refractivity contribution in [3.63, 3.8) is 0 Å². The summed E-state index contributed by atoms with van der Waals surface area (Å²) < 4.78 is 0. The van der Waals surface area contributed by atoms with Crippen LogP contribution in [0.2, 0.25) is 0 Å². The number of rotatable bonds is 10. The molecule has 0 aromatic heterocycles. The summed E-state index contributed by atoms with van der Waals surface area (Å²) in [6.45, 7) is 9.49. The average Bonchev–Trinajstić information content (AvgIpc) is 2.99. The van der Waals surface area contributed by atoms with E-state index < -0.39 is 34.6 Å². The van der Waals surface area contributed by atoms with Gasteiger partial charge in [0.2, 0.25) is 29.5 Å². The summed E-state index contributed by atoms with van der Waals surface area (Å²) in [5.74, 6) is -1.60. The Morgan fingerprint density at radius 2 is 1.55 bits per heavy atom. The number of likely N-dealkylation sites (tertiary alicyclic amines) is 1. The minimum Gasteiger partial charge on any atom is -0.357 e. The summed E-state index contributed by atoms with van der Waals surface area (Å²) in [5.41, 5.74) is -0.525. The first-order valence-corrected chi connectivity index (χ1v) is 11.1. The van der Waals surface area contributed by atoms with E-state index in [0.717, 1.165) is 4.90 Å². The Labute approximate surface area is 189 Å². The summed E-state index contributed by atoms with van der Waals surface area (Å²) in [5, 5.41) is 7.23. The van der Waals surface area contributed by atoms with Gasteiger partial charge in [0.05, 0.1) is 5.25 Å². The van der Waals surface area contributed by atoms with Crippen molar-refractivity contribution in [2.75, 3.05) is 13.6 Å². The first kappa shape index (κ1) is 26.9. The maximum absolute atomic E-state index is 12.9. The van der Waals surface area contributed by atoms with Gasteiger partial charge in [-0.2, -0.15) is 12.6 Å². The van der Waals surface area contributed by atoms with Crippen LogP contribution < -0.4 is 16.0 Å². The van der Waals surface area contributed by atoms with Crippen LogP contribution in [0.15, 0.2) is 0 Å². The Kier molecular flexibility index (Phi) is 9.99. The van der Waals surface area contributed by atoms with E-state index in [4.69, 9.17) is 0 Å². The second-order valence-corrected chi connectivity index (χ2v) is 9.98. The van der Waals surface area contributed by atoms with Gasteiger partial charge in [-0.3, -0.25) is 28.9 Å². The zero-order valence-electron chi connectivity index (χ0n) is 19.3. The highest BCUT2D eigenvalue weighted by atomic mass is 32.1. The fraction of sp³-hybridized carbons (Fsp3) is 0.762. The van der Waals surface area contributed by atoms with Crippen molar-refractivity contribution in [1.82, 2.24) is 20.9 Å². The standard InChI is InChI=1S/C21H36N4O5S/c1-12(2)11-13(18(28)24-17(20(30)22-6)21(3,4)5)23-19(29)14(31)9-10-25-15(26)7-8-16(25)27/h12-14,17,31H,7-11H2,1-6H3,(H,22,30)(H,23,29)(H,24,28)/t13-,14+,17+/m0/s1. The normalized spacial score (nSPS) is 17.4. The fourth-order valence-electron chi connectivity index (χ4n) is 3.29. The number of carbonyl (C=O) groups excluding carboxylic acids is 5. The topological polar surface area (TPSA) is 125 Å². The molecule has 1 saturated heterocycles. The predicted molar refractivity (Wildman–Crippen MR) is 120 cm³/mol. The van der Waals surface area contributed by atoms with Crippen LogP contribution in [0.1, 0.15) is 60.3 Å². The van der Waals surface area contributed by atoms with Crippen molar-refractivity contribution >= 4 is 42.2 Å². The van der Waals surface area contributed by atoms with Gasteiger partial charge < -0.3 is 16.0 Å². The average molecular weight is 457 g/mol. The van der Waals surface area contributed by atoms with Gasteiger partial charge in [-0.1, -0.05) is 34.6 Å². The molecule has 176 valence electrons. The molecule has 0 saturated carbocycles. The highest BCUT2D eigenvalue weighted by molar-refractivity contribution is 7.81. The molecule has 1 aliphatic rings. The van der Waals surface area contributed by atoms with Crippen molar-refractivity contribution in [1.29, 1.82) is 0 Å². The maximum Gasteiger partial charge on any atom is 0.243 e. The van der Waals surface area contributed by atoms with Gasteiger partial charge >= 0.3 is 0 Å². The maximum atomic E-state index is 12.9. The first-order chi connectivity index (χ1) is 14.3. The van der Waals surface area contributed by atoms with E-state index in [2.05, 4.69) is 28.6 Å². The summed E-state index contributed by atoms with van der Waals surface area (Å²) in [4.78, 5) is 62.4. The van der Waals surface area contributed by atoms with Crippen molar-refractivity contribution in [2.24, 2.45) is 11.3 Å². The monoisotopic (exact) mass is 456 g/mol. The summed E-state index contributed by atoms with van der Waals surface area (Å²) in [6, 6.07) is -1.61. The molecule has 1 aliphatic heterocycles. The molecule has 0 radical (unpaired) electrons. The molecule has 5 amide bonds. The third kappa shape index (κ3) is 8.16. The SMILES string of the molecule is CNC(=O)[C@@H](NC(=O)[C@H](CC(C)C)NC(=O)[C@H](S)CCN1C(=O)CCC1=O)C(C)(C)C. The molecule has 0 aromatic carbocycles. The molecule has 1 fully saturated rings. The predicted octanol–water partition coefficient (Wildman–Crippen LogP) is 0.632. The quantitative estimate of drug-likeness (QED) is 0.284. The third-order valence-electron chi connectivity index (χ3n) is 5.08. The van der Waals surface area contributed by atoms with Crippen molar-refractivity contribution in [3.8, 4) is 0 Å². The van der Waals surface area contributed by atoms with Crippen LogP contribution >= 0.6 is 12.6 Å². The minimum absolute atomic E-state index is 0.113. The zero-order chi connectivity index (χ0) is 23.9. The van der Waals surface area contributed by atoms with Gasteiger partial charge in [0.1, 0.15) is 12.1 Å². The van der Waals surface area contributed by atoms with E-state index in [1.807, 2.05) is 34.6 Å². The van der Waals surface area contributed by atoms with Gasteiger partial charge in [-0.05, 0) is 24.2 Å². The smallest absolute Gasteiger partial charge is 0.243 e. The summed E-state index contributed by atoms with van der Waals surface area (Å²) in [6.07, 6.45) is 0.954. The molecule has 0 unspecified atom stereocenters. The number of thiol groups is 1. The van der Waals surface area contributed by atoms with Crippen LogP contribution in [0, 0.1) is 11.3 Å². The first-order valence-electron chi connectivity index (χ1n) is 10.6. The van der Waals surface area contributed by atoms with Crippen LogP contribution in [0.5, 0.6) is 0 Å². The van der Waals surface area contributed by atoms with E-state index in [1.54, 1.807) is 0 Å².